The van der Waals surface area contributed by atoms with Crippen LogP contribution in [0, 0.1) is 0 Å². The van der Waals surface area contributed by atoms with E-state index in [0.717, 1.165) is 5.01 Å². The summed E-state index contributed by atoms with van der Waals surface area (Å²) in [5.74, 6) is 0. The Hall–Kier alpha value is -1.40. The van der Waals surface area contributed by atoms with E-state index >= 15 is 0 Å². The molecular formula is C14H15F3N2S. The molecule has 108 valence electrons. The third-order valence-corrected chi connectivity index (χ3v) is 3.87. The van der Waals surface area contributed by atoms with Crippen LogP contribution in [0.2, 0.25) is 0 Å². The van der Waals surface area contributed by atoms with E-state index in [-0.39, 0.29) is 6.04 Å². The van der Waals surface area contributed by atoms with E-state index in [0.29, 0.717) is 5.56 Å². The largest absolute Gasteiger partial charge is 0.390 e. The predicted octanol–water partition coefficient (Wildman–Crippen LogP) is 4.49. The molecule has 2 unspecified atom stereocenters. The molecule has 1 N–H and O–H groups in total. The van der Waals surface area contributed by atoms with Gasteiger partial charge in [0.2, 0.25) is 0 Å². The SMILES string of the molecule is CC(NC(CC(F)(F)F)c1ccccc1)c1nccs1. The van der Waals surface area contributed by atoms with Crippen LogP contribution in [-0.2, 0) is 0 Å². The van der Waals surface area contributed by atoms with Crippen LogP contribution in [0.3, 0.4) is 0 Å². The second-order valence-corrected chi connectivity index (χ2v) is 5.47. The molecule has 1 heterocycles. The van der Waals surface area contributed by atoms with Crippen molar-refractivity contribution in [2.24, 2.45) is 0 Å². The van der Waals surface area contributed by atoms with Crippen LogP contribution in [-0.4, -0.2) is 11.2 Å². The Kier molecular flexibility index (Phi) is 4.77. The standard InChI is InChI=1S/C14H15F3N2S/c1-10(13-18-7-8-20-13)19-12(9-14(15,16)17)11-5-3-2-4-6-11/h2-8,10,12,19H,9H2,1H3. The van der Waals surface area contributed by atoms with E-state index < -0.39 is 18.6 Å². The smallest absolute Gasteiger partial charge is 0.301 e. The zero-order chi connectivity index (χ0) is 14.6. The summed E-state index contributed by atoms with van der Waals surface area (Å²) in [6.07, 6.45) is -3.46. The summed E-state index contributed by atoms with van der Waals surface area (Å²) in [5.41, 5.74) is 0.633. The highest BCUT2D eigenvalue weighted by Gasteiger charge is 2.33. The second kappa shape index (κ2) is 6.37. The Labute approximate surface area is 119 Å². The fraction of sp³-hybridized carbons (Fsp3) is 0.357. The highest BCUT2D eigenvalue weighted by Crippen LogP contribution is 2.31. The summed E-state index contributed by atoms with van der Waals surface area (Å²) in [7, 11) is 0. The van der Waals surface area contributed by atoms with Gasteiger partial charge in [-0.2, -0.15) is 13.2 Å². The van der Waals surface area contributed by atoms with Gasteiger partial charge < -0.3 is 5.32 Å². The van der Waals surface area contributed by atoms with Gasteiger partial charge in [0.25, 0.3) is 0 Å². The van der Waals surface area contributed by atoms with Gasteiger partial charge in [-0.15, -0.1) is 11.3 Å². The maximum Gasteiger partial charge on any atom is 0.390 e. The Morgan fingerprint density at radius 3 is 2.50 bits per heavy atom. The number of nitrogens with one attached hydrogen (secondary N) is 1. The van der Waals surface area contributed by atoms with Gasteiger partial charge in [-0.3, -0.25) is 0 Å². The first-order valence-corrected chi connectivity index (χ1v) is 7.11. The van der Waals surface area contributed by atoms with Gasteiger partial charge in [0.05, 0.1) is 12.5 Å². The summed E-state index contributed by atoms with van der Waals surface area (Å²) >= 11 is 1.43. The number of aromatic nitrogens is 1. The molecule has 0 fully saturated rings. The van der Waals surface area contributed by atoms with Crippen molar-refractivity contribution in [3.05, 3.63) is 52.5 Å². The minimum absolute atomic E-state index is 0.220. The van der Waals surface area contributed by atoms with E-state index in [4.69, 9.17) is 0 Å². The molecule has 2 rings (SSSR count). The van der Waals surface area contributed by atoms with Gasteiger partial charge in [0.1, 0.15) is 5.01 Å². The van der Waals surface area contributed by atoms with Gasteiger partial charge in [0.15, 0.2) is 0 Å². The Morgan fingerprint density at radius 1 is 1.25 bits per heavy atom. The van der Waals surface area contributed by atoms with Gasteiger partial charge in [-0.05, 0) is 12.5 Å². The fourth-order valence-corrected chi connectivity index (χ4v) is 2.67. The molecular weight excluding hydrogens is 285 g/mol. The van der Waals surface area contributed by atoms with Gasteiger partial charge in [-0.25, -0.2) is 4.98 Å². The maximum absolute atomic E-state index is 12.7. The zero-order valence-electron chi connectivity index (χ0n) is 10.9. The minimum atomic E-state index is -4.21. The molecule has 2 aromatic rings. The second-order valence-electron chi connectivity index (χ2n) is 4.54. The lowest BCUT2D eigenvalue weighted by molar-refractivity contribution is -0.140. The van der Waals surface area contributed by atoms with E-state index in [1.165, 1.54) is 11.3 Å². The molecule has 0 bridgehead atoms. The van der Waals surface area contributed by atoms with E-state index in [1.807, 2.05) is 12.3 Å². The quantitative estimate of drug-likeness (QED) is 0.880. The Balaban J connectivity index is 2.15. The lowest BCUT2D eigenvalue weighted by atomic mass is 10.0. The minimum Gasteiger partial charge on any atom is -0.301 e. The lowest BCUT2D eigenvalue weighted by Gasteiger charge is -2.24. The molecule has 0 aliphatic heterocycles. The van der Waals surface area contributed by atoms with Crippen molar-refractivity contribution in [1.29, 1.82) is 0 Å². The van der Waals surface area contributed by atoms with Crippen LogP contribution in [0.5, 0.6) is 0 Å². The van der Waals surface area contributed by atoms with Crippen LogP contribution in [0.15, 0.2) is 41.9 Å². The number of alkyl halides is 3. The molecule has 6 heteroatoms. The third kappa shape index (κ3) is 4.31. The Bertz CT molecular complexity index is 511. The molecule has 0 aliphatic carbocycles. The number of halogens is 3. The number of thiazole rings is 1. The molecule has 0 aliphatic rings. The molecule has 2 nitrogen and oxygen atoms in total. The molecule has 1 aromatic carbocycles. The monoisotopic (exact) mass is 300 g/mol. The molecule has 0 spiro atoms. The first-order valence-electron chi connectivity index (χ1n) is 6.23. The number of hydrogen-bond donors (Lipinski definition) is 1. The molecule has 0 saturated carbocycles. The summed E-state index contributed by atoms with van der Waals surface area (Å²) < 4.78 is 38.2. The van der Waals surface area contributed by atoms with Crippen LogP contribution >= 0.6 is 11.3 Å². The number of hydrogen-bond acceptors (Lipinski definition) is 3. The van der Waals surface area contributed by atoms with E-state index in [2.05, 4.69) is 10.3 Å². The number of benzene rings is 1. The normalized spacial score (nSPS) is 15.0. The molecule has 20 heavy (non-hydrogen) atoms. The first kappa shape index (κ1) is 15.0. The fourth-order valence-electron chi connectivity index (χ4n) is 2.01. The first-order chi connectivity index (χ1) is 9.46. The van der Waals surface area contributed by atoms with Crippen molar-refractivity contribution in [3.8, 4) is 0 Å². The molecule has 2 atom stereocenters. The zero-order valence-corrected chi connectivity index (χ0v) is 11.7. The van der Waals surface area contributed by atoms with Crippen LogP contribution < -0.4 is 5.32 Å². The summed E-state index contributed by atoms with van der Waals surface area (Å²) in [6, 6.07) is 7.70. The van der Waals surface area contributed by atoms with Gasteiger partial charge >= 0.3 is 6.18 Å². The third-order valence-electron chi connectivity index (χ3n) is 2.91. The average molecular weight is 300 g/mol. The van der Waals surface area contributed by atoms with E-state index in [1.54, 1.807) is 36.5 Å². The van der Waals surface area contributed by atoms with Crippen LogP contribution in [0.25, 0.3) is 0 Å². The van der Waals surface area contributed by atoms with Crippen molar-refractivity contribution >= 4 is 11.3 Å². The van der Waals surface area contributed by atoms with Gasteiger partial charge in [-0.1, -0.05) is 30.3 Å². The highest BCUT2D eigenvalue weighted by atomic mass is 32.1. The maximum atomic E-state index is 12.7. The van der Waals surface area contributed by atoms with Crippen LogP contribution in [0.1, 0.15) is 36.0 Å². The molecule has 1 aromatic heterocycles. The summed E-state index contributed by atoms with van der Waals surface area (Å²) in [5, 5.41) is 5.62. The molecule has 0 amide bonds. The number of rotatable bonds is 5. The molecule has 0 saturated heterocycles. The average Bonchev–Trinajstić information content (AvgIpc) is 2.91. The van der Waals surface area contributed by atoms with Gasteiger partial charge in [0, 0.05) is 17.6 Å². The summed E-state index contributed by atoms with van der Waals surface area (Å²) in [6.45, 7) is 1.82. The topological polar surface area (TPSA) is 24.9 Å². The predicted molar refractivity (Wildman–Crippen MR) is 73.5 cm³/mol. The highest BCUT2D eigenvalue weighted by molar-refractivity contribution is 7.09. The van der Waals surface area contributed by atoms with Crippen molar-refractivity contribution in [2.75, 3.05) is 0 Å². The van der Waals surface area contributed by atoms with Crippen molar-refractivity contribution in [1.82, 2.24) is 10.3 Å². The molecule has 0 radical (unpaired) electrons. The van der Waals surface area contributed by atoms with Crippen LogP contribution in [0.4, 0.5) is 13.2 Å². The van der Waals surface area contributed by atoms with Crippen molar-refractivity contribution in [3.63, 3.8) is 0 Å². The Morgan fingerprint density at radius 2 is 1.95 bits per heavy atom. The summed E-state index contributed by atoms with van der Waals surface area (Å²) in [4.78, 5) is 4.13. The lowest BCUT2D eigenvalue weighted by Crippen LogP contribution is -2.29. The van der Waals surface area contributed by atoms with Crippen molar-refractivity contribution < 1.29 is 13.2 Å². The number of nitrogens with zero attached hydrogens (tertiary/aromatic N) is 1. The van der Waals surface area contributed by atoms with Crippen molar-refractivity contribution in [2.45, 2.75) is 31.6 Å². The van der Waals surface area contributed by atoms with E-state index in [9.17, 15) is 13.2 Å².